The van der Waals surface area contributed by atoms with E-state index in [1.54, 1.807) is 20.8 Å². The molecule has 0 aromatic heterocycles. The fraction of sp³-hybridized carbons (Fsp3) is 0.667. The molecule has 0 atom stereocenters. The molecule has 6 nitrogen and oxygen atoms in total. The number of guanidine groups is 1. The van der Waals surface area contributed by atoms with Crippen LogP contribution in [-0.4, -0.2) is 44.6 Å². The molecule has 1 saturated carbocycles. The van der Waals surface area contributed by atoms with Crippen molar-refractivity contribution in [2.75, 3.05) is 25.4 Å². The summed E-state index contributed by atoms with van der Waals surface area (Å²) in [6.07, 6.45) is 2.51. The maximum Gasteiger partial charge on any atom is 0.191 e. The molecule has 158 valence electrons. The van der Waals surface area contributed by atoms with Gasteiger partial charge in [-0.05, 0) is 65.0 Å². The molecule has 0 heterocycles. The number of nitrogens with zero attached hydrogens (tertiary/aromatic N) is 1. The van der Waals surface area contributed by atoms with Crippen molar-refractivity contribution in [3.05, 3.63) is 29.3 Å². The number of nitrogens with one attached hydrogen (secondary N) is 2. The van der Waals surface area contributed by atoms with E-state index in [-0.39, 0.29) is 5.75 Å². The number of aliphatic imine (C=N–C) groups is 1. The van der Waals surface area contributed by atoms with Gasteiger partial charge in [0, 0.05) is 18.7 Å². The predicted octanol–water partition coefficient (Wildman–Crippen LogP) is 3.05. The second-order valence-electron chi connectivity index (χ2n) is 8.42. The summed E-state index contributed by atoms with van der Waals surface area (Å²) in [4.78, 5) is 4.62. The Balaban J connectivity index is 1.99. The molecule has 0 saturated heterocycles. The lowest BCUT2D eigenvalue weighted by Crippen LogP contribution is -2.41. The van der Waals surface area contributed by atoms with Crippen LogP contribution in [0.2, 0.25) is 0 Å². The van der Waals surface area contributed by atoms with E-state index in [0.717, 1.165) is 23.5 Å². The molecule has 1 fully saturated rings. The maximum absolute atomic E-state index is 12.3. The number of rotatable bonds is 9. The van der Waals surface area contributed by atoms with Gasteiger partial charge in [-0.3, -0.25) is 0 Å². The van der Waals surface area contributed by atoms with Gasteiger partial charge in [-0.2, -0.15) is 0 Å². The third-order valence-corrected chi connectivity index (χ3v) is 7.35. The van der Waals surface area contributed by atoms with E-state index in [4.69, 9.17) is 4.74 Å². The van der Waals surface area contributed by atoms with Gasteiger partial charge >= 0.3 is 0 Å². The summed E-state index contributed by atoms with van der Waals surface area (Å²) in [5.74, 6) is 2.27. The molecule has 1 aliphatic carbocycles. The van der Waals surface area contributed by atoms with E-state index in [1.165, 1.54) is 12.8 Å². The zero-order valence-corrected chi connectivity index (χ0v) is 18.7. The van der Waals surface area contributed by atoms with Gasteiger partial charge in [0.05, 0.1) is 23.7 Å². The average Bonchev–Trinajstić information content (AvgIpc) is 3.42. The zero-order valence-electron chi connectivity index (χ0n) is 17.8. The molecule has 0 aliphatic heterocycles. The molecule has 2 rings (SSSR count). The van der Waals surface area contributed by atoms with Crippen LogP contribution in [0.15, 0.2) is 23.2 Å². The Kier molecular flexibility index (Phi) is 7.75. The van der Waals surface area contributed by atoms with Crippen LogP contribution in [0.25, 0.3) is 0 Å². The minimum absolute atomic E-state index is 0.0706. The van der Waals surface area contributed by atoms with Crippen molar-refractivity contribution in [2.45, 2.75) is 58.8 Å². The molecular formula is C21H35N3O3S. The van der Waals surface area contributed by atoms with Gasteiger partial charge in [0.25, 0.3) is 0 Å². The highest BCUT2D eigenvalue weighted by molar-refractivity contribution is 7.92. The Labute approximate surface area is 170 Å². The van der Waals surface area contributed by atoms with E-state index < -0.39 is 14.6 Å². The zero-order chi connectivity index (χ0) is 20.8. The first-order chi connectivity index (χ1) is 13.1. The van der Waals surface area contributed by atoms with Crippen LogP contribution in [0.3, 0.4) is 0 Å². The molecule has 28 heavy (non-hydrogen) atoms. The lowest BCUT2D eigenvalue weighted by molar-refractivity contribution is 0.296. The topological polar surface area (TPSA) is 79.8 Å². The molecule has 0 radical (unpaired) electrons. The summed E-state index contributed by atoms with van der Waals surface area (Å²) < 4.78 is 29.8. The van der Waals surface area contributed by atoms with E-state index in [1.807, 2.05) is 6.92 Å². The smallest absolute Gasteiger partial charge is 0.191 e. The van der Waals surface area contributed by atoms with Crippen LogP contribution in [0, 0.1) is 12.8 Å². The Bertz CT molecular complexity index is 779. The standard InChI is InChI=1S/C21H35N3O3S/c1-6-22-20(23-11-12-28(25,26)21(3,4)5)24-14-18-10-7-16(2)13-19(18)27-15-17-8-9-17/h7,10,13,17H,6,8-9,11-12,14-15H2,1-5H3,(H2,22,23,24). The number of hydrogen-bond donors (Lipinski definition) is 2. The summed E-state index contributed by atoms with van der Waals surface area (Å²) in [6.45, 7) is 11.5. The van der Waals surface area contributed by atoms with Crippen molar-refractivity contribution >= 4 is 15.8 Å². The molecule has 7 heteroatoms. The van der Waals surface area contributed by atoms with Crippen molar-refractivity contribution in [2.24, 2.45) is 10.9 Å². The third-order valence-electron chi connectivity index (χ3n) is 4.74. The molecular weight excluding hydrogens is 374 g/mol. The molecule has 1 aromatic carbocycles. The van der Waals surface area contributed by atoms with Crippen LogP contribution >= 0.6 is 0 Å². The molecule has 1 aromatic rings. The molecule has 1 aliphatic rings. The van der Waals surface area contributed by atoms with E-state index in [9.17, 15) is 8.42 Å². The Morgan fingerprint density at radius 1 is 1.25 bits per heavy atom. The lowest BCUT2D eigenvalue weighted by atomic mass is 10.1. The number of benzene rings is 1. The van der Waals surface area contributed by atoms with Crippen LogP contribution < -0.4 is 15.4 Å². The second kappa shape index (κ2) is 9.63. The highest BCUT2D eigenvalue weighted by atomic mass is 32.2. The molecule has 0 amide bonds. The fourth-order valence-electron chi connectivity index (χ4n) is 2.53. The Morgan fingerprint density at radius 2 is 1.96 bits per heavy atom. The summed E-state index contributed by atoms with van der Waals surface area (Å²) in [7, 11) is -3.16. The predicted molar refractivity (Wildman–Crippen MR) is 116 cm³/mol. The lowest BCUT2D eigenvalue weighted by Gasteiger charge is -2.20. The first-order valence-corrected chi connectivity index (χ1v) is 11.7. The van der Waals surface area contributed by atoms with Crippen molar-refractivity contribution in [3.63, 3.8) is 0 Å². The van der Waals surface area contributed by atoms with Gasteiger partial charge in [-0.25, -0.2) is 13.4 Å². The minimum Gasteiger partial charge on any atom is -0.493 e. The fourth-order valence-corrected chi connectivity index (χ4v) is 3.52. The number of hydrogen-bond acceptors (Lipinski definition) is 4. The third kappa shape index (κ3) is 7.00. The van der Waals surface area contributed by atoms with Crippen molar-refractivity contribution in [1.82, 2.24) is 10.6 Å². The largest absolute Gasteiger partial charge is 0.493 e. The van der Waals surface area contributed by atoms with Gasteiger partial charge in [-0.15, -0.1) is 0 Å². The highest BCUT2D eigenvalue weighted by Crippen LogP contribution is 2.31. The first-order valence-electron chi connectivity index (χ1n) is 10.1. The van der Waals surface area contributed by atoms with E-state index in [2.05, 4.69) is 40.7 Å². The first kappa shape index (κ1) is 22.5. The molecule has 0 unspecified atom stereocenters. The van der Waals surface area contributed by atoms with Gasteiger partial charge in [0.1, 0.15) is 5.75 Å². The van der Waals surface area contributed by atoms with Gasteiger partial charge in [0.15, 0.2) is 15.8 Å². The number of sulfone groups is 1. The van der Waals surface area contributed by atoms with Crippen molar-refractivity contribution in [1.29, 1.82) is 0 Å². The SMILES string of the molecule is CCNC(=NCc1ccc(C)cc1OCC1CC1)NCCS(=O)(=O)C(C)(C)C. The second-order valence-corrected chi connectivity index (χ2v) is 11.3. The van der Waals surface area contributed by atoms with Crippen LogP contribution in [0.5, 0.6) is 5.75 Å². The number of ether oxygens (including phenoxy) is 1. The van der Waals surface area contributed by atoms with Crippen LogP contribution in [0.1, 0.15) is 51.7 Å². The van der Waals surface area contributed by atoms with E-state index in [0.29, 0.717) is 31.5 Å². The minimum atomic E-state index is -3.16. The summed E-state index contributed by atoms with van der Waals surface area (Å²) in [5, 5.41) is 6.30. The monoisotopic (exact) mass is 409 g/mol. The molecule has 0 bridgehead atoms. The van der Waals surface area contributed by atoms with Crippen molar-refractivity contribution in [3.8, 4) is 5.75 Å². The molecule has 0 spiro atoms. The van der Waals surface area contributed by atoms with Gasteiger partial charge in [0.2, 0.25) is 0 Å². The van der Waals surface area contributed by atoms with Crippen molar-refractivity contribution < 1.29 is 13.2 Å². The van der Waals surface area contributed by atoms with Crippen LogP contribution in [0.4, 0.5) is 0 Å². The highest BCUT2D eigenvalue weighted by Gasteiger charge is 2.28. The Morgan fingerprint density at radius 3 is 2.57 bits per heavy atom. The maximum atomic E-state index is 12.3. The number of aryl methyl sites for hydroxylation is 1. The van der Waals surface area contributed by atoms with Gasteiger partial charge in [-0.1, -0.05) is 12.1 Å². The normalized spacial score (nSPS) is 15.4. The average molecular weight is 410 g/mol. The summed E-state index contributed by atoms with van der Waals surface area (Å²) in [5.41, 5.74) is 2.20. The quantitative estimate of drug-likeness (QED) is 0.484. The molecule has 2 N–H and O–H groups in total. The van der Waals surface area contributed by atoms with Crippen LogP contribution in [-0.2, 0) is 16.4 Å². The summed E-state index contributed by atoms with van der Waals surface area (Å²) >= 11 is 0. The Hall–Kier alpha value is -1.76. The summed E-state index contributed by atoms with van der Waals surface area (Å²) in [6, 6.07) is 6.17. The van der Waals surface area contributed by atoms with Gasteiger partial charge < -0.3 is 15.4 Å². The van der Waals surface area contributed by atoms with E-state index >= 15 is 0 Å².